The molecule has 0 radical (unpaired) electrons. The van der Waals surface area contributed by atoms with Crippen LogP contribution in [0.2, 0.25) is 0 Å². The van der Waals surface area contributed by atoms with E-state index in [1.807, 2.05) is 0 Å². The topological polar surface area (TPSA) is 50.9 Å². The van der Waals surface area contributed by atoms with E-state index in [9.17, 15) is 13.2 Å². The second-order valence-corrected chi connectivity index (χ2v) is 6.35. The Labute approximate surface area is 122 Å². The highest BCUT2D eigenvalue weighted by Crippen LogP contribution is 2.51. The second-order valence-electron chi connectivity index (χ2n) is 6.35. The SMILES string of the molecule is NNC(CC1CC2CCC1C2)c1cnccc1C(F)(F)F. The van der Waals surface area contributed by atoms with E-state index in [-0.39, 0.29) is 5.56 Å². The molecule has 2 bridgehead atoms. The fraction of sp³-hybridized carbons (Fsp3) is 0.667. The minimum absolute atomic E-state index is 0.162. The van der Waals surface area contributed by atoms with Crippen molar-refractivity contribution >= 4 is 0 Å². The first-order valence-electron chi connectivity index (χ1n) is 7.46. The Bertz CT molecular complexity index is 503. The molecule has 1 heterocycles. The zero-order valence-electron chi connectivity index (χ0n) is 11.7. The third-order valence-electron chi connectivity index (χ3n) is 5.16. The summed E-state index contributed by atoms with van der Waals surface area (Å²) in [6.07, 6.45) is 3.62. The standard InChI is InChI=1S/C15H20F3N3/c16-15(17,18)13-3-4-20-8-12(13)14(21-19)7-11-6-9-1-2-10(11)5-9/h3-4,8-11,14,21H,1-2,5-7,19H2. The summed E-state index contributed by atoms with van der Waals surface area (Å²) in [7, 11) is 0. The number of nitrogens with zero attached hydrogens (tertiary/aromatic N) is 1. The molecular formula is C15H20F3N3. The molecule has 2 fully saturated rings. The molecule has 0 aliphatic heterocycles. The maximum Gasteiger partial charge on any atom is 0.416 e. The van der Waals surface area contributed by atoms with Gasteiger partial charge in [-0.1, -0.05) is 6.42 Å². The van der Waals surface area contributed by atoms with Crippen molar-refractivity contribution in [2.75, 3.05) is 0 Å². The molecule has 3 N–H and O–H groups in total. The van der Waals surface area contributed by atoms with Gasteiger partial charge in [0.2, 0.25) is 0 Å². The molecule has 0 aromatic carbocycles. The Morgan fingerprint density at radius 2 is 2.14 bits per heavy atom. The Morgan fingerprint density at radius 3 is 2.71 bits per heavy atom. The zero-order chi connectivity index (χ0) is 15.0. The molecule has 4 atom stereocenters. The predicted molar refractivity (Wildman–Crippen MR) is 72.9 cm³/mol. The van der Waals surface area contributed by atoms with E-state index in [1.54, 1.807) is 0 Å². The van der Waals surface area contributed by atoms with Crippen LogP contribution in [0.15, 0.2) is 18.5 Å². The number of aromatic nitrogens is 1. The summed E-state index contributed by atoms with van der Waals surface area (Å²) in [4.78, 5) is 3.85. The van der Waals surface area contributed by atoms with Crippen molar-refractivity contribution in [3.8, 4) is 0 Å². The van der Waals surface area contributed by atoms with Gasteiger partial charge in [-0.05, 0) is 49.5 Å². The highest BCUT2D eigenvalue weighted by Gasteiger charge is 2.41. The average molecular weight is 299 g/mol. The molecule has 4 unspecified atom stereocenters. The molecule has 1 aromatic rings. The summed E-state index contributed by atoms with van der Waals surface area (Å²) >= 11 is 0. The van der Waals surface area contributed by atoms with E-state index in [0.717, 1.165) is 18.4 Å². The zero-order valence-corrected chi connectivity index (χ0v) is 11.7. The number of pyridine rings is 1. The number of hydrazine groups is 1. The number of nitrogens with two attached hydrogens (primary N) is 1. The summed E-state index contributed by atoms with van der Waals surface area (Å²) in [5, 5.41) is 0. The van der Waals surface area contributed by atoms with Crippen LogP contribution in [0.4, 0.5) is 13.2 Å². The molecule has 2 saturated carbocycles. The van der Waals surface area contributed by atoms with Crippen LogP contribution in [0.25, 0.3) is 0 Å². The molecule has 0 amide bonds. The molecule has 21 heavy (non-hydrogen) atoms. The lowest BCUT2D eigenvalue weighted by Gasteiger charge is -2.27. The van der Waals surface area contributed by atoms with Gasteiger partial charge in [0.1, 0.15) is 0 Å². The number of hydrogen-bond acceptors (Lipinski definition) is 3. The highest BCUT2D eigenvalue weighted by atomic mass is 19.4. The van der Waals surface area contributed by atoms with Gasteiger partial charge >= 0.3 is 6.18 Å². The molecule has 116 valence electrons. The number of halogens is 3. The fourth-order valence-corrected chi connectivity index (χ4v) is 4.20. The molecule has 3 nitrogen and oxygen atoms in total. The Balaban J connectivity index is 1.80. The molecule has 3 rings (SSSR count). The summed E-state index contributed by atoms with van der Waals surface area (Å²) in [5.74, 6) is 7.46. The van der Waals surface area contributed by atoms with Gasteiger partial charge in [-0.15, -0.1) is 0 Å². The summed E-state index contributed by atoms with van der Waals surface area (Å²) in [6.45, 7) is 0. The first-order chi connectivity index (χ1) is 9.99. The maximum absolute atomic E-state index is 13.1. The van der Waals surface area contributed by atoms with Gasteiger partial charge in [-0.2, -0.15) is 13.2 Å². The van der Waals surface area contributed by atoms with E-state index in [1.165, 1.54) is 31.7 Å². The molecule has 1 aromatic heterocycles. The van der Waals surface area contributed by atoms with Gasteiger partial charge in [0, 0.05) is 24.0 Å². The Morgan fingerprint density at radius 1 is 1.33 bits per heavy atom. The van der Waals surface area contributed by atoms with Crippen LogP contribution in [0.5, 0.6) is 0 Å². The molecule has 0 saturated heterocycles. The van der Waals surface area contributed by atoms with Crippen LogP contribution in [0.3, 0.4) is 0 Å². The number of hydrogen-bond donors (Lipinski definition) is 2. The predicted octanol–water partition coefficient (Wildman–Crippen LogP) is 3.43. The van der Waals surface area contributed by atoms with Gasteiger partial charge in [0.25, 0.3) is 0 Å². The normalized spacial score (nSPS) is 29.8. The lowest BCUT2D eigenvalue weighted by atomic mass is 9.82. The number of rotatable bonds is 4. The van der Waals surface area contributed by atoms with Crippen LogP contribution < -0.4 is 11.3 Å². The Hall–Kier alpha value is -1.14. The maximum atomic E-state index is 13.1. The quantitative estimate of drug-likeness (QED) is 0.661. The number of alkyl halides is 3. The van der Waals surface area contributed by atoms with Crippen LogP contribution in [0, 0.1) is 17.8 Å². The number of fused-ring (bicyclic) bond motifs is 2. The van der Waals surface area contributed by atoms with Gasteiger partial charge < -0.3 is 0 Å². The monoisotopic (exact) mass is 299 g/mol. The molecule has 2 aliphatic carbocycles. The summed E-state index contributed by atoms with van der Waals surface area (Å²) in [6, 6.07) is 0.542. The lowest BCUT2D eigenvalue weighted by Crippen LogP contribution is -2.32. The van der Waals surface area contributed by atoms with Gasteiger partial charge in [0.05, 0.1) is 5.56 Å². The first kappa shape index (κ1) is 14.8. The van der Waals surface area contributed by atoms with Crippen molar-refractivity contribution in [1.29, 1.82) is 0 Å². The van der Waals surface area contributed by atoms with Crippen LogP contribution in [-0.4, -0.2) is 4.98 Å². The van der Waals surface area contributed by atoms with E-state index < -0.39 is 17.8 Å². The van der Waals surface area contributed by atoms with Crippen molar-refractivity contribution in [3.05, 3.63) is 29.6 Å². The van der Waals surface area contributed by atoms with Crippen LogP contribution in [0.1, 0.15) is 49.3 Å². The van der Waals surface area contributed by atoms with Crippen molar-refractivity contribution in [2.45, 2.75) is 44.3 Å². The fourth-order valence-electron chi connectivity index (χ4n) is 4.20. The van der Waals surface area contributed by atoms with Crippen LogP contribution >= 0.6 is 0 Å². The third kappa shape index (κ3) is 2.92. The molecule has 0 spiro atoms. The molecule has 2 aliphatic rings. The van der Waals surface area contributed by atoms with E-state index >= 15 is 0 Å². The van der Waals surface area contributed by atoms with Gasteiger partial charge in [-0.3, -0.25) is 16.3 Å². The van der Waals surface area contributed by atoms with E-state index in [0.29, 0.717) is 18.3 Å². The largest absolute Gasteiger partial charge is 0.416 e. The van der Waals surface area contributed by atoms with Gasteiger partial charge in [-0.25, -0.2) is 0 Å². The van der Waals surface area contributed by atoms with Crippen molar-refractivity contribution in [1.82, 2.24) is 10.4 Å². The van der Waals surface area contributed by atoms with Crippen molar-refractivity contribution in [3.63, 3.8) is 0 Å². The summed E-state index contributed by atoms with van der Waals surface area (Å²) in [5.41, 5.74) is 2.10. The van der Waals surface area contributed by atoms with Crippen LogP contribution in [-0.2, 0) is 6.18 Å². The minimum atomic E-state index is -4.37. The van der Waals surface area contributed by atoms with Crippen molar-refractivity contribution < 1.29 is 13.2 Å². The highest BCUT2D eigenvalue weighted by molar-refractivity contribution is 5.29. The molecule has 6 heteroatoms. The average Bonchev–Trinajstić information content (AvgIpc) is 3.06. The summed E-state index contributed by atoms with van der Waals surface area (Å²) < 4.78 is 39.3. The smallest absolute Gasteiger partial charge is 0.271 e. The van der Waals surface area contributed by atoms with Crippen molar-refractivity contribution in [2.24, 2.45) is 23.6 Å². The first-order valence-corrected chi connectivity index (χ1v) is 7.46. The van der Waals surface area contributed by atoms with E-state index in [4.69, 9.17) is 5.84 Å². The van der Waals surface area contributed by atoms with E-state index in [2.05, 4.69) is 10.4 Å². The molecular weight excluding hydrogens is 279 g/mol. The minimum Gasteiger partial charge on any atom is -0.271 e. The van der Waals surface area contributed by atoms with Gasteiger partial charge in [0.15, 0.2) is 0 Å². The Kier molecular flexibility index (Phi) is 3.92. The second kappa shape index (κ2) is 5.57. The third-order valence-corrected chi connectivity index (χ3v) is 5.16. The lowest BCUT2D eigenvalue weighted by molar-refractivity contribution is -0.138. The number of nitrogens with one attached hydrogen (secondary N) is 1.